The molecule has 0 fully saturated rings. The lowest BCUT2D eigenvalue weighted by atomic mass is 10.4. The van der Waals surface area contributed by atoms with Crippen LogP contribution in [0.4, 0.5) is 0 Å². The number of hydrogen-bond acceptors (Lipinski definition) is 4. The predicted octanol–water partition coefficient (Wildman–Crippen LogP) is 1.79. The van der Waals surface area contributed by atoms with Crippen LogP contribution >= 0.6 is 22.9 Å². The van der Waals surface area contributed by atoms with E-state index in [1.807, 2.05) is 0 Å². The van der Waals surface area contributed by atoms with Gasteiger partial charge in [-0.3, -0.25) is 9.89 Å². The molecule has 1 amide bonds. The molecule has 0 saturated heterocycles. The summed E-state index contributed by atoms with van der Waals surface area (Å²) in [6, 6.07) is 1.71. The van der Waals surface area contributed by atoms with Gasteiger partial charge in [-0.05, 0) is 11.4 Å². The third kappa shape index (κ3) is 2.23. The Morgan fingerprint density at radius 1 is 1.69 bits per heavy atom. The molecule has 0 aliphatic heterocycles. The molecule has 1 N–H and O–H groups in total. The monoisotopic (exact) mass is 256 g/mol. The maximum atomic E-state index is 11.9. The molecule has 0 aromatic carbocycles. The summed E-state index contributed by atoms with van der Waals surface area (Å²) >= 11 is 7.22. The van der Waals surface area contributed by atoms with Crippen LogP contribution in [0.2, 0.25) is 5.02 Å². The summed E-state index contributed by atoms with van der Waals surface area (Å²) in [7, 11) is 1.70. The zero-order valence-electron chi connectivity index (χ0n) is 8.48. The van der Waals surface area contributed by atoms with Gasteiger partial charge in [0.2, 0.25) is 0 Å². The van der Waals surface area contributed by atoms with E-state index in [-0.39, 0.29) is 5.91 Å². The maximum Gasteiger partial charge on any atom is 0.265 e. The Balaban J connectivity index is 2.08. The summed E-state index contributed by atoms with van der Waals surface area (Å²) in [5.74, 6) is 0.528. The van der Waals surface area contributed by atoms with E-state index in [1.54, 1.807) is 18.5 Å². The van der Waals surface area contributed by atoms with Crippen molar-refractivity contribution in [3.8, 4) is 0 Å². The molecular weight excluding hydrogens is 248 g/mol. The minimum absolute atomic E-state index is 0.114. The molecule has 7 heteroatoms. The lowest BCUT2D eigenvalue weighted by molar-refractivity contribution is 0.0786. The summed E-state index contributed by atoms with van der Waals surface area (Å²) in [6.45, 7) is 0.382. The number of thiophene rings is 1. The van der Waals surface area contributed by atoms with E-state index in [2.05, 4.69) is 15.2 Å². The van der Waals surface area contributed by atoms with Crippen molar-refractivity contribution in [3.05, 3.63) is 33.5 Å². The molecule has 5 nitrogen and oxygen atoms in total. The number of aromatic nitrogens is 3. The normalized spacial score (nSPS) is 10.4. The quantitative estimate of drug-likeness (QED) is 0.911. The SMILES string of the molecule is CN(Cc1ncn[nH]1)C(=O)c1sccc1Cl. The Morgan fingerprint density at radius 3 is 3.06 bits per heavy atom. The number of carbonyl (C=O) groups excluding carboxylic acids is 1. The summed E-state index contributed by atoms with van der Waals surface area (Å²) in [5, 5.41) is 8.69. The molecule has 0 atom stereocenters. The second-order valence-corrected chi connectivity index (χ2v) is 4.51. The van der Waals surface area contributed by atoms with Gasteiger partial charge in [0.15, 0.2) is 0 Å². The number of nitrogens with one attached hydrogen (secondary N) is 1. The van der Waals surface area contributed by atoms with Crippen molar-refractivity contribution >= 4 is 28.8 Å². The van der Waals surface area contributed by atoms with Gasteiger partial charge < -0.3 is 4.90 Å². The summed E-state index contributed by atoms with van der Waals surface area (Å²) in [6.07, 6.45) is 1.41. The third-order valence-electron chi connectivity index (χ3n) is 2.01. The van der Waals surface area contributed by atoms with Gasteiger partial charge >= 0.3 is 0 Å². The number of H-pyrrole nitrogens is 1. The maximum absolute atomic E-state index is 11.9. The van der Waals surface area contributed by atoms with Crippen LogP contribution < -0.4 is 0 Å². The topological polar surface area (TPSA) is 61.9 Å². The second-order valence-electron chi connectivity index (χ2n) is 3.19. The fraction of sp³-hybridized carbons (Fsp3) is 0.222. The van der Waals surface area contributed by atoms with Gasteiger partial charge in [0.05, 0.1) is 11.6 Å². The van der Waals surface area contributed by atoms with Crippen LogP contribution in [-0.4, -0.2) is 33.0 Å². The number of hydrogen-bond donors (Lipinski definition) is 1. The van der Waals surface area contributed by atoms with E-state index in [0.717, 1.165) is 0 Å². The van der Waals surface area contributed by atoms with E-state index in [0.29, 0.717) is 22.3 Å². The van der Waals surface area contributed by atoms with Crippen LogP contribution in [0.1, 0.15) is 15.5 Å². The molecule has 2 aromatic heterocycles. The first-order valence-corrected chi connectivity index (χ1v) is 5.77. The molecule has 2 heterocycles. The van der Waals surface area contributed by atoms with Gasteiger partial charge in [0.1, 0.15) is 17.0 Å². The minimum Gasteiger partial charge on any atom is -0.333 e. The van der Waals surface area contributed by atoms with Gasteiger partial charge in [-0.15, -0.1) is 11.3 Å². The van der Waals surface area contributed by atoms with Crippen LogP contribution in [0.15, 0.2) is 17.8 Å². The largest absolute Gasteiger partial charge is 0.333 e. The Bertz CT molecular complexity index is 481. The summed E-state index contributed by atoms with van der Waals surface area (Å²) < 4.78 is 0. The van der Waals surface area contributed by atoms with Gasteiger partial charge in [0.25, 0.3) is 5.91 Å². The Morgan fingerprint density at radius 2 is 2.50 bits per heavy atom. The zero-order valence-corrected chi connectivity index (χ0v) is 10.0. The molecule has 0 aliphatic carbocycles. The highest BCUT2D eigenvalue weighted by Crippen LogP contribution is 2.23. The van der Waals surface area contributed by atoms with Gasteiger partial charge in [-0.25, -0.2) is 4.98 Å². The van der Waals surface area contributed by atoms with Crippen LogP contribution in [-0.2, 0) is 6.54 Å². The predicted molar refractivity (Wildman–Crippen MR) is 61.5 cm³/mol. The lowest BCUT2D eigenvalue weighted by Gasteiger charge is -2.14. The number of halogens is 1. The molecule has 0 radical (unpaired) electrons. The molecule has 0 unspecified atom stereocenters. The van der Waals surface area contributed by atoms with Crippen molar-refractivity contribution < 1.29 is 4.79 Å². The molecule has 0 saturated carbocycles. The smallest absolute Gasteiger partial charge is 0.265 e. The van der Waals surface area contributed by atoms with E-state index in [4.69, 9.17) is 11.6 Å². The zero-order chi connectivity index (χ0) is 11.5. The highest BCUT2D eigenvalue weighted by molar-refractivity contribution is 7.12. The fourth-order valence-electron chi connectivity index (χ4n) is 1.22. The average Bonchev–Trinajstić information content (AvgIpc) is 2.88. The average molecular weight is 257 g/mol. The molecule has 0 spiro atoms. The van der Waals surface area contributed by atoms with Gasteiger partial charge in [-0.1, -0.05) is 11.6 Å². The third-order valence-corrected chi connectivity index (χ3v) is 3.34. The first-order chi connectivity index (χ1) is 7.68. The molecule has 0 aliphatic rings. The Kier molecular flexibility index (Phi) is 3.21. The number of nitrogens with zero attached hydrogens (tertiary/aromatic N) is 3. The van der Waals surface area contributed by atoms with E-state index >= 15 is 0 Å². The minimum atomic E-state index is -0.114. The van der Waals surface area contributed by atoms with Crippen molar-refractivity contribution in [1.29, 1.82) is 0 Å². The number of aromatic amines is 1. The van der Waals surface area contributed by atoms with Gasteiger partial charge in [0, 0.05) is 7.05 Å². The number of amides is 1. The molecule has 0 bridgehead atoms. The van der Waals surface area contributed by atoms with Crippen molar-refractivity contribution in [2.45, 2.75) is 6.54 Å². The molecule has 16 heavy (non-hydrogen) atoms. The number of carbonyl (C=O) groups is 1. The van der Waals surface area contributed by atoms with Gasteiger partial charge in [-0.2, -0.15) is 5.10 Å². The molecule has 2 aromatic rings. The Hall–Kier alpha value is -1.40. The first-order valence-electron chi connectivity index (χ1n) is 4.51. The van der Waals surface area contributed by atoms with Crippen LogP contribution in [0, 0.1) is 0 Å². The lowest BCUT2D eigenvalue weighted by Crippen LogP contribution is -2.26. The van der Waals surface area contributed by atoms with Crippen LogP contribution in [0.25, 0.3) is 0 Å². The highest BCUT2D eigenvalue weighted by Gasteiger charge is 2.17. The van der Waals surface area contributed by atoms with Crippen molar-refractivity contribution in [2.24, 2.45) is 0 Å². The Labute approximate surface area is 101 Å². The standard InChI is InChI=1S/C9H9ClN4OS/c1-14(4-7-11-5-12-13-7)9(15)8-6(10)2-3-16-8/h2-3,5H,4H2,1H3,(H,11,12,13). The van der Waals surface area contributed by atoms with E-state index < -0.39 is 0 Å². The van der Waals surface area contributed by atoms with Crippen molar-refractivity contribution in [2.75, 3.05) is 7.05 Å². The van der Waals surface area contributed by atoms with E-state index in [1.165, 1.54) is 22.6 Å². The second kappa shape index (κ2) is 4.63. The first kappa shape index (κ1) is 11.1. The summed E-state index contributed by atoms with van der Waals surface area (Å²) in [5.41, 5.74) is 0. The van der Waals surface area contributed by atoms with Crippen LogP contribution in [0.5, 0.6) is 0 Å². The fourth-order valence-corrected chi connectivity index (χ4v) is 2.35. The molecular formula is C9H9ClN4OS. The van der Waals surface area contributed by atoms with Crippen LogP contribution in [0.3, 0.4) is 0 Å². The van der Waals surface area contributed by atoms with E-state index in [9.17, 15) is 4.79 Å². The summed E-state index contributed by atoms with van der Waals surface area (Å²) in [4.78, 5) is 18.0. The molecule has 84 valence electrons. The van der Waals surface area contributed by atoms with Crippen molar-refractivity contribution in [1.82, 2.24) is 20.1 Å². The highest BCUT2D eigenvalue weighted by atomic mass is 35.5. The van der Waals surface area contributed by atoms with Crippen molar-refractivity contribution in [3.63, 3.8) is 0 Å². The molecule has 2 rings (SSSR count). The number of rotatable bonds is 3.